The summed E-state index contributed by atoms with van der Waals surface area (Å²) in [6, 6.07) is 5.73. The van der Waals surface area contributed by atoms with Gasteiger partial charge in [0.25, 0.3) is 0 Å². The molecule has 1 aliphatic carbocycles. The first kappa shape index (κ1) is 13.7. The highest BCUT2D eigenvalue weighted by molar-refractivity contribution is 6.30. The first-order chi connectivity index (χ1) is 8.79. The van der Waals surface area contributed by atoms with Gasteiger partial charge in [-0.25, -0.2) is 0 Å². The highest BCUT2D eigenvalue weighted by Gasteiger charge is 2.17. The second-order valence-corrected chi connectivity index (χ2v) is 5.11. The van der Waals surface area contributed by atoms with Crippen LogP contribution in [0.2, 0.25) is 5.02 Å². The highest BCUT2D eigenvalue weighted by Crippen LogP contribution is 2.28. The molecule has 0 aliphatic heterocycles. The van der Waals surface area contributed by atoms with Gasteiger partial charge in [0.15, 0.2) is 0 Å². The minimum atomic E-state index is 0.138. The Balaban J connectivity index is 2.02. The van der Waals surface area contributed by atoms with E-state index in [0.717, 1.165) is 29.2 Å². The SMILES string of the molecule is OCCNCc1cc(Cl)ccc1OC1CCCC1. The Morgan fingerprint density at radius 1 is 1.33 bits per heavy atom. The Bertz CT molecular complexity index is 378. The van der Waals surface area contributed by atoms with Crippen molar-refractivity contribution in [3.63, 3.8) is 0 Å². The van der Waals surface area contributed by atoms with Crippen LogP contribution >= 0.6 is 11.6 Å². The van der Waals surface area contributed by atoms with Crippen LogP contribution in [-0.4, -0.2) is 24.4 Å². The lowest BCUT2D eigenvalue weighted by atomic mass is 10.2. The first-order valence-corrected chi connectivity index (χ1v) is 6.94. The Morgan fingerprint density at radius 3 is 2.83 bits per heavy atom. The van der Waals surface area contributed by atoms with Gasteiger partial charge in [0.05, 0.1) is 12.7 Å². The maximum atomic E-state index is 8.78. The average Bonchev–Trinajstić information content (AvgIpc) is 2.86. The molecule has 1 aromatic rings. The zero-order valence-electron chi connectivity index (χ0n) is 10.5. The molecular weight excluding hydrogens is 250 g/mol. The summed E-state index contributed by atoms with van der Waals surface area (Å²) >= 11 is 6.01. The fourth-order valence-electron chi connectivity index (χ4n) is 2.29. The number of benzene rings is 1. The first-order valence-electron chi connectivity index (χ1n) is 6.56. The number of halogens is 1. The van der Waals surface area contributed by atoms with Gasteiger partial charge >= 0.3 is 0 Å². The van der Waals surface area contributed by atoms with Crippen LogP contribution in [0.1, 0.15) is 31.2 Å². The van der Waals surface area contributed by atoms with E-state index in [1.165, 1.54) is 12.8 Å². The van der Waals surface area contributed by atoms with Gasteiger partial charge in [-0.3, -0.25) is 0 Å². The van der Waals surface area contributed by atoms with Gasteiger partial charge in [0.2, 0.25) is 0 Å². The van der Waals surface area contributed by atoms with Gasteiger partial charge in [0, 0.05) is 23.7 Å². The number of aliphatic hydroxyl groups excluding tert-OH is 1. The standard InChI is InChI=1S/C14H20ClNO2/c15-12-5-6-14(18-13-3-1-2-4-13)11(9-12)10-16-7-8-17/h5-6,9,13,16-17H,1-4,7-8,10H2. The van der Waals surface area contributed by atoms with Crippen LogP contribution in [0.4, 0.5) is 0 Å². The molecular formula is C14H20ClNO2. The molecule has 0 radical (unpaired) electrons. The quantitative estimate of drug-likeness (QED) is 0.781. The summed E-state index contributed by atoms with van der Waals surface area (Å²) in [4.78, 5) is 0. The zero-order valence-corrected chi connectivity index (χ0v) is 11.2. The van der Waals surface area contributed by atoms with Gasteiger partial charge in [0.1, 0.15) is 5.75 Å². The molecule has 1 fully saturated rings. The Labute approximate surface area is 113 Å². The van der Waals surface area contributed by atoms with E-state index in [-0.39, 0.29) is 6.61 Å². The topological polar surface area (TPSA) is 41.5 Å². The lowest BCUT2D eigenvalue weighted by Crippen LogP contribution is -2.19. The fourth-order valence-corrected chi connectivity index (χ4v) is 2.48. The normalized spacial score (nSPS) is 16.1. The van der Waals surface area contributed by atoms with Gasteiger partial charge in [-0.15, -0.1) is 0 Å². The molecule has 0 unspecified atom stereocenters. The van der Waals surface area contributed by atoms with E-state index < -0.39 is 0 Å². The molecule has 0 saturated heterocycles. The van der Waals surface area contributed by atoms with Crippen molar-refractivity contribution in [2.45, 2.75) is 38.3 Å². The predicted molar refractivity (Wildman–Crippen MR) is 73.1 cm³/mol. The van der Waals surface area contributed by atoms with Crippen molar-refractivity contribution in [1.29, 1.82) is 0 Å². The van der Waals surface area contributed by atoms with E-state index >= 15 is 0 Å². The zero-order chi connectivity index (χ0) is 12.8. The van der Waals surface area contributed by atoms with E-state index in [2.05, 4.69) is 5.32 Å². The summed E-state index contributed by atoms with van der Waals surface area (Å²) in [6.07, 6.45) is 5.16. The van der Waals surface area contributed by atoms with Crippen molar-refractivity contribution < 1.29 is 9.84 Å². The molecule has 0 heterocycles. The third kappa shape index (κ3) is 3.87. The summed E-state index contributed by atoms with van der Waals surface area (Å²) in [5.74, 6) is 0.914. The number of rotatable bonds is 6. The minimum absolute atomic E-state index is 0.138. The minimum Gasteiger partial charge on any atom is -0.490 e. The molecule has 0 aromatic heterocycles. The monoisotopic (exact) mass is 269 g/mol. The van der Waals surface area contributed by atoms with Gasteiger partial charge in [-0.2, -0.15) is 0 Å². The van der Waals surface area contributed by atoms with Crippen LogP contribution in [0.15, 0.2) is 18.2 Å². The third-order valence-corrected chi connectivity index (χ3v) is 3.46. The molecule has 18 heavy (non-hydrogen) atoms. The molecule has 1 aromatic carbocycles. The van der Waals surface area contributed by atoms with E-state index in [9.17, 15) is 0 Å². The number of hydrogen-bond donors (Lipinski definition) is 2. The molecule has 0 amide bonds. The molecule has 0 spiro atoms. The van der Waals surface area contributed by atoms with Crippen LogP contribution < -0.4 is 10.1 Å². The van der Waals surface area contributed by atoms with E-state index in [4.69, 9.17) is 21.4 Å². The van der Waals surface area contributed by atoms with Gasteiger partial charge < -0.3 is 15.2 Å². The number of ether oxygens (including phenoxy) is 1. The molecule has 0 bridgehead atoms. The van der Waals surface area contributed by atoms with Crippen LogP contribution in [-0.2, 0) is 6.54 Å². The number of nitrogens with one attached hydrogen (secondary N) is 1. The average molecular weight is 270 g/mol. The smallest absolute Gasteiger partial charge is 0.124 e. The summed E-state index contributed by atoms with van der Waals surface area (Å²) in [7, 11) is 0. The number of aliphatic hydroxyl groups is 1. The van der Waals surface area contributed by atoms with Crippen molar-refractivity contribution >= 4 is 11.6 Å². The fraction of sp³-hybridized carbons (Fsp3) is 0.571. The van der Waals surface area contributed by atoms with Crippen LogP contribution in [0.5, 0.6) is 5.75 Å². The molecule has 3 nitrogen and oxygen atoms in total. The highest BCUT2D eigenvalue weighted by atomic mass is 35.5. The summed E-state index contributed by atoms with van der Waals surface area (Å²) < 4.78 is 6.03. The Kier molecular flexibility index (Phi) is 5.29. The summed E-state index contributed by atoms with van der Waals surface area (Å²) in [5, 5.41) is 12.7. The molecule has 100 valence electrons. The molecule has 1 aliphatic rings. The van der Waals surface area contributed by atoms with Crippen molar-refractivity contribution in [1.82, 2.24) is 5.32 Å². The van der Waals surface area contributed by atoms with Crippen molar-refractivity contribution in [2.24, 2.45) is 0 Å². The van der Waals surface area contributed by atoms with Crippen molar-refractivity contribution in [3.8, 4) is 5.75 Å². The lowest BCUT2D eigenvalue weighted by molar-refractivity contribution is 0.207. The summed E-state index contributed by atoms with van der Waals surface area (Å²) in [5.41, 5.74) is 1.06. The molecule has 1 saturated carbocycles. The third-order valence-electron chi connectivity index (χ3n) is 3.22. The van der Waals surface area contributed by atoms with Crippen molar-refractivity contribution in [2.75, 3.05) is 13.2 Å². The van der Waals surface area contributed by atoms with E-state index in [1.54, 1.807) is 0 Å². The lowest BCUT2D eigenvalue weighted by Gasteiger charge is -2.17. The van der Waals surface area contributed by atoms with Gasteiger partial charge in [-0.05, 0) is 43.9 Å². The van der Waals surface area contributed by atoms with E-state index in [0.29, 0.717) is 19.2 Å². The summed E-state index contributed by atoms with van der Waals surface area (Å²) in [6.45, 7) is 1.39. The van der Waals surface area contributed by atoms with Crippen LogP contribution in [0.3, 0.4) is 0 Å². The Hall–Kier alpha value is -0.770. The maximum absolute atomic E-state index is 8.78. The second kappa shape index (κ2) is 6.98. The van der Waals surface area contributed by atoms with E-state index in [1.807, 2.05) is 18.2 Å². The van der Waals surface area contributed by atoms with Gasteiger partial charge in [-0.1, -0.05) is 11.6 Å². The second-order valence-electron chi connectivity index (χ2n) is 4.68. The van der Waals surface area contributed by atoms with Crippen LogP contribution in [0.25, 0.3) is 0 Å². The number of hydrogen-bond acceptors (Lipinski definition) is 3. The largest absolute Gasteiger partial charge is 0.490 e. The Morgan fingerprint density at radius 2 is 2.11 bits per heavy atom. The molecule has 2 N–H and O–H groups in total. The van der Waals surface area contributed by atoms with Crippen LogP contribution in [0, 0.1) is 0 Å². The molecule has 4 heteroatoms. The molecule has 0 atom stereocenters. The van der Waals surface area contributed by atoms with Crippen molar-refractivity contribution in [3.05, 3.63) is 28.8 Å². The predicted octanol–water partition coefficient (Wildman–Crippen LogP) is 2.74. The molecule has 2 rings (SSSR count). The maximum Gasteiger partial charge on any atom is 0.124 e.